The fourth-order valence-electron chi connectivity index (χ4n) is 3.41. The Bertz CT molecular complexity index is 1380. The Hall–Kier alpha value is -3.15. The first-order chi connectivity index (χ1) is 14.6. The molecule has 7 heteroatoms. The minimum absolute atomic E-state index is 0.146. The van der Waals surface area contributed by atoms with Gasteiger partial charge in [-0.3, -0.25) is 4.98 Å². The van der Waals surface area contributed by atoms with Crippen molar-refractivity contribution in [2.45, 2.75) is 6.61 Å². The van der Waals surface area contributed by atoms with Crippen molar-refractivity contribution < 1.29 is 9.13 Å². The van der Waals surface area contributed by atoms with Gasteiger partial charge in [0.2, 0.25) is 5.88 Å². The molecule has 0 radical (unpaired) electrons. The van der Waals surface area contributed by atoms with E-state index >= 15 is 0 Å². The minimum Gasteiger partial charge on any atom is -0.472 e. The third-order valence-corrected chi connectivity index (χ3v) is 5.39. The highest BCUT2D eigenvalue weighted by Gasteiger charge is 2.20. The molecule has 2 heterocycles. The van der Waals surface area contributed by atoms with Gasteiger partial charge in [0, 0.05) is 11.6 Å². The van der Waals surface area contributed by atoms with Gasteiger partial charge in [0.25, 0.3) is 0 Å². The van der Waals surface area contributed by atoms with Crippen LogP contribution in [-0.4, -0.2) is 14.8 Å². The van der Waals surface area contributed by atoms with Crippen molar-refractivity contribution in [3.05, 3.63) is 94.4 Å². The lowest BCUT2D eigenvalue weighted by molar-refractivity contribution is 0.287. The monoisotopic (exact) mass is 437 g/mol. The summed E-state index contributed by atoms with van der Waals surface area (Å²) in [6.45, 7) is 0.146. The lowest BCUT2D eigenvalue weighted by atomic mass is 10.2. The van der Waals surface area contributed by atoms with Gasteiger partial charge in [-0.15, -0.1) is 0 Å². The van der Waals surface area contributed by atoms with Gasteiger partial charge in [0.1, 0.15) is 23.6 Å². The molecule has 0 aliphatic rings. The first-order valence-corrected chi connectivity index (χ1v) is 9.95. The molecule has 0 aliphatic heterocycles. The highest BCUT2D eigenvalue weighted by Crippen LogP contribution is 2.37. The maximum absolute atomic E-state index is 13.6. The number of halogens is 3. The second kappa shape index (κ2) is 7.59. The predicted octanol–water partition coefficient (Wildman–Crippen LogP) is 6.60. The molecule has 0 saturated heterocycles. The van der Waals surface area contributed by atoms with Crippen molar-refractivity contribution in [2.24, 2.45) is 0 Å². The molecule has 0 N–H and O–H groups in total. The van der Waals surface area contributed by atoms with Crippen LogP contribution in [0.25, 0.3) is 27.5 Å². The summed E-state index contributed by atoms with van der Waals surface area (Å²) in [5.74, 6) is 0.110. The van der Waals surface area contributed by atoms with Crippen LogP contribution in [0, 0.1) is 5.82 Å². The molecule has 3 aromatic carbocycles. The van der Waals surface area contributed by atoms with Gasteiger partial charge in [0.15, 0.2) is 0 Å². The van der Waals surface area contributed by atoms with E-state index in [4.69, 9.17) is 33.0 Å². The number of aromatic nitrogens is 3. The molecule has 4 nitrogen and oxygen atoms in total. The zero-order chi connectivity index (χ0) is 20.7. The van der Waals surface area contributed by atoms with Gasteiger partial charge < -0.3 is 4.74 Å². The molecule has 0 fully saturated rings. The van der Waals surface area contributed by atoms with E-state index in [1.165, 1.54) is 12.1 Å². The van der Waals surface area contributed by atoms with E-state index in [1.54, 1.807) is 41.2 Å². The number of hydrogen-bond acceptors (Lipinski definition) is 3. The van der Waals surface area contributed by atoms with Crippen LogP contribution in [0.1, 0.15) is 5.56 Å². The molecule has 0 aliphatic carbocycles. The highest BCUT2D eigenvalue weighted by atomic mass is 35.5. The molecule has 0 unspecified atom stereocenters. The predicted molar refractivity (Wildman–Crippen MR) is 117 cm³/mol. The van der Waals surface area contributed by atoms with Crippen molar-refractivity contribution in [3.8, 4) is 11.6 Å². The zero-order valence-corrected chi connectivity index (χ0v) is 17.0. The molecule has 148 valence electrons. The van der Waals surface area contributed by atoms with E-state index in [0.29, 0.717) is 38.1 Å². The average molecular weight is 438 g/mol. The van der Waals surface area contributed by atoms with Crippen molar-refractivity contribution >= 4 is 45.0 Å². The van der Waals surface area contributed by atoms with Crippen LogP contribution in [-0.2, 0) is 6.61 Å². The molecular formula is C23H14Cl2FN3O. The molecule has 5 aromatic rings. The molecule has 0 spiro atoms. The van der Waals surface area contributed by atoms with E-state index in [-0.39, 0.29) is 12.4 Å². The smallest absolute Gasteiger partial charge is 0.226 e. The number of rotatable bonds is 4. The lowest BCUT2D eigenvalue weighted by Crippen LogP contribution is -2.05. The Kier molecular flexibility index (Phi) is 4.77. The first-order valence-electron chi connectivity index (χ1n) is 9.20. The van der Waals surface area contributed by atoms with Gasteiger partial charge in [-0.25, -0.2) is 4.39 Å². The van der Waals surface area contributed by atoms with E-state index in [2.05, 4.69) is 4.98 Å². The van der Waals surface area contributed by atoms with Crippen LogP contribution >= 0.6 is 23.2 Å². The van der Waals surface area contributed by atoms with E-state index in [0.717, 1.165) is 10.9 Å². The fraction of sp³-hybridized carbons (Fsp3) is 0.0435. The summed E-state index contributed by atoms with van der Waals surface area (Å²) in [5.41, 5.74) is 2.73. The molecular weight excluding hydrogens is 424 g/mol. The molecule has 5 rings (SSSR count). The van der Waals surface area contributed by atoms with Crippen molar-refractivity contribution in [1.82, 2.24) is 14.8 Å². The molecule has 0 amide bonds. The summed E-state index contributed by atoms with van der Waals surface area (Å²) in [7, 11) is 0. The van der Waals surface area contributed by atoms with Crippen molar-refractivity contribution in [2.75, 3.05) is 0 Å². The lowest BCUT2D eigenvalue weighted by Gasteiger charge is -2.12. The Morgan fingerprint density at radius 1 is 0.900 bits per heavy atom. The van der Waals surface area contributed by atoms with Crippen LogP contribution in [0.15, 0.2) is 72.9 Å². The van der Waals surface area contributed by atoms with Crippen LogP contribution in [0.5, 0.6) is 5.88 Å². The summed E-state index contributed by atoms with van der Waals surface area (Å²) >= 11 is 12.9. The van der Waals surface area contributed by atoms with Crippen LogP contribution in [0.4, 0.5) is 4.39 Å². The number of benzene rings is 3. The third-order valence-electron chi connectivity index (χ3n) is 4.78. The van der Waals surface area contributed by atoms with Crippen LogP contribution in [0.2, 0.25) is 10.0 Å². The molecule has 0 saturated carbocycles. The molecule has 30 heavy (non-hydrogen) atoms. The van der Waals surface area contributed by atoms with E-state index in [9.17, 15) is 4.39 Å². The Morgan fingerprint density at radius 3 is 2.47 bits per heavy atom. The largest absolute Gasteiger partial charge is 0.472 e. The maximum Gasteiger partial charge on any atom is 0.226 e. The summed E-state index contributed by atoms with van der Waals surface area (Å²) in [4.78, 5) is 4.53. The second-order valence-corrected chi connectivity index (χ2v) is 7.56. The molecule has 0 atom stereocenters. The standard InChI is InChI=1S/C23H14Cl2FN3O/c24-18-8-4-9-19(25)22(18)29-23(30-13-14-5-3-6-15(26)11-14)17-12-27-20-10-2-1-7-16(20)21(17)28-29/h1-12H,13H2. The number of hydrogen-bond donors (Lipinski definition) is 0. The zero-order valence-electron chi connectivity index (χ0n) is 15.5. The van der Waals surface area contributed by atoms with Gasteiger partial charge >= 0.3 is 0 Å². The quantitative estimate of drug-likeness (QED) is 0.318. The summed E-state index contributed by atoms with van der Waals surface area (Å²) < 4.78 is 21.3. The Morgan fingerprint density at radius 2 is 1.67 bits per heavy atom. The van der Waals surface area contributed by atoms with Crippen molar-refractivity contribution in [3.63, 3.8) is 0 Å². The first kappa shape index (κ1) is 18.9. The van der Waals surface area contributed by atoms with Gasteiger partial charge in [-0.2, -0.15) is 9.78 Å². The van der Waals surface area contributed by atoms with Crippen LogP contribution < -0.4 is 4.74 Å². The van der Waals surface area contributed by atoms with Crippen LogP contribution in [0.3, 0.4) is 0 Å². The number of para-hydroxylation sites is 2. The number of pyridine rings is 1. The summed E-state index contributed by atoms with van der Waals surface area (Å²) in [6, 6.07) is 19.2. The second-order valence-electron chi connectivity index (χ2n) is 6.74. The Labute approximate surface area is 181 Å². The van der Waals surface area contributed by atoms with E-state index in [1.807, 2.05) is 24.3 Å². The average Bonchev–Trinajstić information content (AvgIpc) is 3.11. The molecule has 0 bridgehead atoms. The topological polar surface area (TPSA) is 39.9 Å². The SMILES string of the molecule is Fc1cccc(COc2c3cnc4ccccc4c3nn2-c2c(Cl)cccc2Cl)c1. The number of ether oxygens (including phenoxy) is 1. The van der Waals surface area contributed by atoms with Gasteiger partial charge in [-0.1, -0.05) is 59.6 Å². The van der Waals surface area contributed by atoms with Crippen molar-refractivity contribution in [1.29, 1.82) is 0 Å². The number of fused-ring (bicyclic) bond motifs is 3. The summed E-state index contributed by atoms with van der Waals surface area (Å²) in [5, 5.41) is 7.23. The normalized spacial score (nSPS) is 11.3. The fourth-order valence-corrected chi connectivity index (χ4v) is 3.97. The molecule has 2 aromatic heterocycles. The number of nitrogens with zero attached hydrogens (tertiary/aromatic N) is 3. The minimum atomic E-state index is -0.323. The highest BCUT2D eigenvalue weighted by molar-refractivity contribution is 6.37. The van der Waals surface area contributed by atoms with Gasteiger partial charge in [-0.05, 0) is 35.9 Å². The summed E-state index contributed by atoms with van der Waals surface area (Å²) in [6.07, 6.45) is 1.72. The van der Waals surface area contributed by atoms with Gasteiger partial charge in [0.05, 0.1) is 20.9 Å². The Balaban J connectivity index is 1.72. The maximum atomic E-state index is 13.6. The third kappa shape index (κ3) is 3.26. The van der Waals surface area contributed by atoms with E-state index < -0.39 is 0 Å².